The van der Waals surface area contributed by atoms with Gasteiger partial charge in [0.15, 0.2) is 5.17 Å². The van der Waals surface area contributed by atoms with Crippen molar-refractivity contribution < 1.29 is 9.59 Å². The summed E-state index contributed by atoms with van der Waals surface area (Å²) in [6.45, 7) is 1.81. The molecule has 2 aromatic carbocycles. The molecule has 1 heterocycles. The second-order valence-corrected chi connectivity index (χ2v) is 8.03. The Bertz CT molecular complexity index is 979. The standard InChI is InChI=1S/C19H16Cl2N4O2S/c1-11(12-5-3-2-4-6-12)23-24-19(22)28-16-10-17(26)25(18(16)27)15-9-13(20)7-8-14(15)21/h2-9,16H,10H2,1H3,(H2,22,24). The lowest BCUT2D eigenvalue weighted by molar-refractivity contribution is -0.121. The molecule has 2 N–H and O–H groups in total. The second kappa shape index (κ2) is 8.77. The van der Waals surface area contributed by atoms with Crippen molar-refractivity contribution in [3.63, 3.8) is 0 Å². The molecule has 144 valence electrons. The number of anilines is 1. The van der Waals surface area contributed by atoms with Crippen LogP contribution in [-0.4, -0.2) is 27.9 Å². The number of imide groups is 1. The molecule has 28 heavy (non-hydrogen) atoms. The Hall–Kier alpha value is -2.35. The molecule has 6 nitrogen and oxygen atoms in total. The Morgan fingerprint density at radius 3 is 2.57 bits per heavy atom. The van der Waals surface area contributed by atoms with Crippen LogP contribution >= 0.6 is 35.0 Å². The molecule has 0 saturated carbocycles. The van der Waals surface area contributed by atoms with Gasteiger partial charge in [-0.25, -0.2) is 4.90 Å². The minimum Gasteiger partial charge on any atom is -0.377 e. The first-order valence-corrected chi connectivity index (χ1v) is 9.92. The quantitative estimate of drug-likeness (QED) is 0.339. The van der Waals surface area contributed by atoms with Crippen molar-refractivity contribution in [2.75, 3.05) is 4.90 Å². The molecule has 1 fully saturated rings. The van der Waals surface area contributed by atoms with E-state index in [0.717, 1.165) is 22.2 Å². The van der Waals surface area contributed by atoms with E-state index in [-0.39, 0.29) is 28.2 Å². The Morgan fingerprint density at radius 2 is 1.86 bits per heavy atom. The molecule has 2 aromatic rings. The summed E-state index contributed by atoms with van der Waals surface area (Å²) >= 11 is 13.1. The Balaban J connectivity index is 1.74. The molecule has 1 aliphatic heterocycles. The number of hydrogen-bond acceptors (Lipinski definition) is 5. The van der Waals surface area contributed by atoms with E-state index in [4.69, 9.17) is 28.9 Å². The average molecular weight is 435 g/mol. The largest absolute Gasteiger partial charge is 0.377 e. The molecule has 2 amide bonds. The molecule has 1 aliphatic rings. The number of benzene rings is 2. The summed E-state index contributed by atoms with van der Waals surface area (Å²) in [4.78, 5) is 26.1. The van der Waals surface area contributed by atoms with E-state index >= 15 is 0 Å². The van der Waals surface area contributed by atoms with Gasteiger partial charge >= 0.3 is 0 Å². The van der Waals surface area contributed by atoms with Gasteiger partial charge in [0.2, 0.25) is 11.8 Å². The zero-order valence-electron chi connectivity index (χ0n) is 14.8. The molecule has 0 radical (unpaired) electrons. The van der Waals surface area contributed by atoms with E-state index in [1.165, 1.54) is 12.1 Å². The van der Waals surface area contributed by atoms with Crippen LogP contribution in [0.3, 0.4) is 0 Å². The van der Waals surface area contributed by atoms with Crippen LogP contribution < -0.4 is 10.6 Å². The van der Waals surface area contributed by atoms with Gasteiger partial charge in [-0.2, -0.15) is 5.10 Å². The summed E-state index contributed by atoms with van der Waals surface area (Å²) in [5.74, 6) is -0.787. The summed E-state index contributed by atoms with van der Waals surface area (Å²) in [6, 6.07) is 14.1. The first kappa shape index (κ1) is 20.4. The summed E-state index contributed by atoms with van der Waals surface area (Å²) in [7, 11) is 0. The van der Waals surface area contributed by atoms with Crippen LogP contribution in [0, 0.1) is 0 Å². The Morgan fingerprint density at radius 1 is 1.14 bits per heavy atom. The molecule has 1 unspecified atom stereocenters. The van der Waals surface area contributed by atoms with E-state index in [0.29, 0.717) is 10.7 Å². The number of rotatable bonds is 4. The number of nitrogens with two attached hydrogens (primary N) is 1. The fourth-order valence-electron chi connectivity index (χ4n) is 2.64. The Labute approximate surface area is 176 Å². The van der Waals surface area contributed by atoms with Crippen LogP contribution in [0.5, 0.6) is 0 Å². The lowest BCUT2D eigenvalue weighted by atomic mass is 10.1. The van der Waals surface area contributed by atoms with Gasteiger partial charge < -0.3 is 5.73 Å². The molecular weight excluding hydrogens is 419 g/mol. The van der Waals surface area contributed by atoms with Crippen molar-refractivity contribution in [1.29, 1.82) is 0 Å². The highest BCUT2D eigenvalue weighted by Gasteiger charge is 2.41. The topological polar surface area (TPSA) is 88.1 Å². The van der Waals surface area contributed by atoms with Gasteiger partial charge in [-0.15, -0.1) is 5.10 Å². The molecular formula is C19H16Cl2N4O2S. The summed E-state index contributed by atoms with van der Waals surface area (Å²) < 4.78 is 0. The number of nitrogens with zero attached hydrogens (tertiary/aromatic N) is 3. The number of carbonyl (C=O) groups excluding carboxylic acids is 2. The first-order chi connectivity index (χ1) is 13.4. The van der Waals surface area contributed by atoms with Crippen molar-refractivity contribution in [3.8, 4) is 0 Å². The van der Waals surface area contributed by atoms with Gasteiger partial charge in [0.1, 0.15) is 5.25 Å². The molecule has 0 aliphatic carbocycles. The number of amidine groups is 1. The SMILES string of the molecule is CC(=NN=C(N)SC1CC(=O)N(c2cc(Cl)ccc2Cl)C1=O)c1ccccc1. The number of amides is 2. The van der Waals surface area contributed by atoms with Crippen LogP contribution in [0.1, 0.15) is 18.9 Å². The summed E-state index contributed by atoms with van der Waals surface area (Å²) in [5, 5.41) is 8.11. The van der Waals surface area contributed by atoms with Crippen molar-refractivity contribution >= 4 is 63.3 Å². The van der Waals surface area contributed by atoms with Gasteiger partial charge in [-0.3, -0.25) is 9.59 Å². The molecule has 1 saturated heterocycles. The maximum Gasteiger partial charge on any atom is 0.247 e. The fourth-order valence-corrected chi connectivity index (χ4v) is 3.82. The molecule has 0 bridgehead atoms. The lowest BCUT2D eigenvalue weighted by Gasteiger charge is -2.16. The lowest BCUT2D eigenvalue weighted by Crippen LogP contribution is -2.32. The van der Waals surface area contributed by atoms with E-state index in [1.54, 1.807) is 6.07 Å². The van der Waals surface area contributed by atoms with Crippen molar-refractivity contribution in [2.24, 2.45) is 15.9 Å². The van der Waals surface area contributed by atoms with Crippen LogP contribution in [0.15, 0.2) is 58.7 Å². The smallest absolute Gasteiger partial charge is 0.247 e. The second-order valence-electron chi connectivity index (χ2n) is 5.96. The summed E-state index contributed by atoms with van der Waals surface area (Å²) in [5.41, 5.74) is 7.77. The van der Waals surface area contributed by atoms with E-state index in [1.807, 2.05) is 37.3 Å². The Kier molecular flexibility index (Phi) is 6.39. The number of hydrogen-bond donors (Lipinski definition) is 1. The maximum atomic E-state index is 12.7. The third kappa shape index (κ3) is 4.55. The first-order valence-electron chi connectivity index (χ1n) is 8.28. The molecule has 0 spiro atoms. The van der Waals surface area contributed by atoms with Crippen molar-refractivity contribution in [3.05, 3.63) is 64.1 Å². The minimum absolute atomic E-state index is 0.00998. The van der Waals surface area contributed by atoms with E-state index in [2.05, 4.69) is 10.2 Å². The van der Waals surface area contributed by atoms with Crippen LogP contribution in [-0.2, 0) is 9.59 Å². The molecule has 1 atom stereocenters. The number of carbonyl (C=O) groups is 2. The van der Waals surface area contributed by atoms with Crippen LogP contribution in [0.25, 0.3) is 0 Å². The normalized spacial score (nSPS) is 18.1. The monoisotopic (exact) mass is 434 g/mol. The highest BCUT2D eigenvalue weighted by atomic mass is 35.5. The maximum absolute atomic E-state index is 12.7. The van der Waals surface area contributed by atoms with E-state index < -0.39 is 11.2 Å². The average Bonchev–Trinajstić information content (AvgIpc) is 2.95. The van der Waals surface area contributed by atoms with Gasteiger partial charge in [0.25, 0.3) is 0 Å². The van der Waals surface area contributed by atoms with Gasteiger partial charge in [-0.05, 0) is 30.7 Å². The predicted octanol–water partition coefficient (Wildman–Crippen LogP) is 4.10. The van der Waals surface area contributed by atoms with Crippen LogP contribution in [0.4, 0.5) is 5.69 Å². The molecule has 9 heteroatoms. The number of halogens is 2. The third-order valence-corrected chi connectivity index (χ3v) is 5.54. The van der Waals surface area contributed by atoms with Gasteiger partial charge in [0, 0.05) is 11.4 Å². The fraction of sp³-hybridized carbons (Fsp3) is 0.158. The van der Waals surface area contributed by atoms with Crippen molar-refractivity contribution in [2.45, 2.75) is 18.6 Å². The zero-order valence-corrected chi connectivity index (χ0v) is 17.1. The molecule has 3 rings (SSSR count). The third-order valence-electron chi connectivity index (χ3n) is 4.01. The van der Waals surface area contributed by atoms with Gasteiger partial charge in [-0.1, -0.05) is 65.3 Å². The van der Waals surface area contributed by atoms with Crippen molar-refractivity contribution in [1.82, 2.24) is 0 Å². The van der Waals surface area contributed by atoms with Gasteiger partial charge in [0.05, 0.1) is 16.4 Å². The highest BCUT2D eigenvalue weighted by Crippen LogP contribution is 2.35. The minimum atomic E-state index is -0.696. The summed E-state index contributed by atoms with van der Waals surface area (Å²) in [6.07, 6.45) is -0.00998. The van der Waals surface area contributed by atoms with E-state index in [9.17, 15) is 9.59 Å². The highest BCUT2D eigenvalue weighted by molar-refractivity contribution is 8.14. The predicted molar refractivity (Wildman–Crippen MR) is 115 cm³/mol. The number of thioether (sulfide) groups is 1. The van der Waals surface area contributed by atoms with Crippen LogP contribution in [0.2, 0.25) is 10.0 Å². The molecule has 0 aromatic heterocycles. The zero-order chi connectivity index (χ0) is 20.3.